The summed E-state index contributed by atoms with van der Waals surface area (Å²) in [6, 6.07) is 2.57. The Hall–Kier alpha value is 0.686. The molecule has 0 saturated heterocycles. The van der Waals surface area contributed by atoms with Crippen LogP contribution in [0.25, 0.3) is 0 Å². The number of aromatic nitrogens is 1. The van der Waals surface area contributed by atoms with Crippen LogP contribution in [0.15, 0.2) is 21.6 Å². The van der Waals surface area contributed by atoms with Gasteiger partial charge in [0.25, 0.3) is 0 Å². The van der Waals surface area contributed by atoms with Gasteiger partial charge in [-0.15, -0.1) is 0 Å². The van der Waals surface area contributed by atoms with Crippen LogP contribution in [0.4, 0.5) is 0 Å². The summed E-state index contributed by atoms with van der Waals surface area (Å²) in [5.74, 6) is -1.79. The standard InChI is InChI=1S/C8H8BrNO4S.K/c1-2-15(13,14)5-3-4-6(9)10-7(5)8(11)12;/h3-4H,2H2,1H3,(H,11,12);/q;+1/p-1. The van der Waals surface area contributed by atoms with Crippen LogP contribution in [0.2, 0.25) is 0 Å². The zero-order valence-corrected chi connectivity index (χ0v) is 14.3. The predicted octanol–water partition coefficient (Wildman–Crippen LogP) is -2.99. The fraction of sp³-hybridized carbons (Fsp3) is 0.250. The number of sulfone groups is 1. The summed E-state index contributed by atoms with van der Waals surface area (Å²) in [4.78, 5) is 13.9. The Morgan fingerprint density at radius 2 is 2.06 bits per heavy atom. The van der Waals surface area contributed by atoms with E-state index in [-0.39, 0.29) is 66.6 Å². The summed E-state index contributed by atoms with van der Waals surface area (Å²) >= 11 is 2.96. The molecule has 5 nitrogen and oxygen atoms in total. The maximum absolute atomic E-state index is 11.5. The van der Waals surface area contributed by atoms with Crippen LogP contribution >= 0.6 is 15.9 Å². The fourth-order valence-corrected chi connectivity index (χ4v) is 2.29. The van der Waals surface area contributed by atoms with Crippen molar-refractivity contribution in [2.75, 3.05) is 5.75 Å². The second-order valence-corrected chi connectivity index (χ2v) is 5.73. The molecule has 1 heterocycles. The van der Waals surface area contributed by atoms with Gasteiger partial charge in [0.1, 0.15) is 10.3 Å². The maximum atomic E-state index is 11.5. The van der Waals surface area contributed by atoms with E-state index in [1.165, 1.54) is 19.1 Å². The van der Waals surface area contributed by atoms with E-state index in [2.05, 4.69) is 20.9 Å². The van der Waals surface area contributed by atoms with Crippen molar-refractivity contribution in [1.29, 1.82) is 0 Å². The zero-order valence-electron chi connectivity index (χ0n) is 8.73. The molecule has 82 valence electrons. The van der Waals surface area contributed by atoms with Crippen molar-refractivity contribution in [2.45, 2.75) is 11.8 Å². The molecule has 16 heavy (non-hydrogen) atoms. The van der Waals surface area contributed by atoms with Crippen LogP contribution in [0, 0.1) is 0 Å². The van der Waals surface area contributed by atoms with Crippen LogP contribution in [0.3, 0.4) is 0 Å². The van der Waals surface area contributed by atoms with E-state index in [0.29, 0.717) is 0 Å². The maximum Gasteiger partial charge on any atom is 1.00 e. The van der Waals surface area contributed by atoms with Gasteiger partial charge in [0.05, 0.1) is 16.6 Å². The Morgan fingerprint density at radius 1 is 1.50 bits per heavy atom. The number of hydrogen-bond acceptors (Lipinski definition) is 5. The van der Waals surface area contributed by atoms with Gasteiger partial charge >= 0.3 is 51.4 Å². The van der Waals surface area contributed by atoms with Gasteiger partial charge < -0.3 is 9.90 Å². The van der Waals surface area contributed by atoms with Crippen LogP contribution in [-0.2, 0) is 9.84 Å². The van der Waals surface area contributed by atoms with E-state index in [0.717, 1.165) is 0 Å². The number of aromatic carboxylic acids is 1. The third-order valence-corrected chi connectivity index (χ3v) is 3.93. The summed E-state index contributed by atoms with van der Waals surface area (Å²) < 4.78 is 23.2. The first kappa shape index (κ1) is 16.7. The Kier molecular flexibility index (Phi) is 6.86. The molecule has 0 atom stereocenters. The molecule has 0 unspecified atom stereocenters. The van der Waals surface area contributed by atoms with Crippen molar-refractivity contribution in [1.82, 2.24) is 4.98 Å². The van der Waals surface area contributed by atoms with E-state index in [1.807, 2.05) is 0 Å². The Morgan fingerprint density at radius 3 is 2.50 bits per heavy atom. The molecule has 0 aliphatic carbocycles. The van der Waals surface area contributed by atoms with Crippen molar-refractivity contribution in [3.8, 4) is 0 Å². The molecular weight excluding hydrogens is 325 g/mol. The van der Waals surface area contributed by atoms with Gasteiger partial charge in [-0.3, -0.25) is 0 Å². The number of rotatable bonds is 3. The fourth-order valence-electron chi connectivity index (χ4n) is 0.975. The number of carboxylic acids is 1. The molecule has 1 aromatic rings. The number of pyridine rings is 1. The first-order chi connectivity index (χ1) is 6.88. The Labute approximate surface area is 144 Å². The number of nitrogens with zero attached hydrogens (tertiary/aromatic N) is 1. The second-order valence-electron chi connectivity index (χ2n) is 2.67. The Bertz CT molecular complexity index is 503. The number of carboxylic acid groups (broad SMARTS) is 1. The van der Waals surface area contributed by atoms with Crippen molar-refractivity contribution in [2.24, 2.45) is 0 Å². The average Bonchev–Trinajstić information content (AvgIpc) is 2.17. The van der Waals surface area contributed by atoms with Gasteiger partial charge in [-0.25, -0.2) is 13.4 Å². The van der Waals surface area contributed by atoms with Gasteiger partial charge in [-0.05, 0) is 28.1 Å². The van der Waals surface area contributed by atoms with Crippen LogP contribution in [0.1, 0.15) is 17.4 Å². The second kappa shape index (κ2) is 6.57. The van der Waals surface area contributed by atoms with Gasteiger partial charge in [0.2, 0.25) is 0 Å². The molecule has 0 saturated carbocycles. The van der Waals surface area contributed by atoms with Crippen LogP contribution < -0.4 is 56.5 Å². The van der Waals surface area contributed by atoms with Crippen molar-refractivity contribution >= 4 is 31.7 Å². The van der Waals surface area contributed by atoms with E-state index in [9.17, 15) is 18.3 Å². The van der Waals surface area contributed by atoms with Crippen molar-refractivity contribution < 1.29 is 69.7 Å². The topological polar surface area (TPSA) is 87.2 Å². The molecule has 0 spiro atoms. The minimum atomic E-state index is -3.59. The molecule has 0 aliphatic rings. The number of carbonyl (C=O) groups excluding carboxylic acids is 1. The van der Waals surface area contributed by atoms with Crippen LogP contribution in [-0.4, -0.2) is 25.1 Å². The molecule has 0 fully saturated rings. The van der Waals surface area contributed by atoms with Gasteiger partial charge in [-0.2, -0.15) is 0 Å². The summed E-state index contributed by atoms with van der Waals surface area (Å²) in [5.41, 5.74) is -0.564. The average molecular weight is 332 g/mol. The molecule has 0 N–H and O–H groups in total. The minimum Gasteiger partial charge on any atom is -0.543 e. The first-order valence-corrected chi connectivity index (χ1v) is 6.43. The van der Waals surface area contributed by atoms with Gasteiger partial charge in [0.15, 0.2) is 9.84 Å². The summed E-state index contributed by atoms with van der Waals surface area (Å²) in [5, 5.41) is 10.7. The normalized spacial score (nSPS) is 10.6. The Balaban J connectivity index is 0.00000225. The number of hydrogen-bond donors (Lipinski definition) is 0. The van der Waals surface area contributed by atoms with Gasteiger partial charge in [0, 0.05) is 0 Å². The largest absolute Gasteiger partial charge is 1.00 e. The molecule has 0 amide bonds. The predicted molar refractivity (Wildman–Crippen MR) is 54.0 cm³/mol. The van der Waals surface area contributed by atoms with E-state index >= 15 is 0 Å². The molecule has 1 aromatic heterocycles. The third kappa shape index (κ3) is 3.86. The molecule has 1 rings (SSSR count). The van der Waals surface area contributed by atoms with E-state index in [1.54, 1.807) is 0 Å². The van der Waals surface area contributed by atoms with Crippen LogP contribution in [0.5, 0.6) is 0 Å². The van der Waals surface area contributed by atoms with Crippen molar-refractivity contribution in [3.05, 3.63) is 22.4 Å². The van der Waals surface area contributed by atoms with Gasteiger partial charge in [-0.1, -0.05) is 6.92 Å². The molecule has 0 aromatic carbocycles. The summed E-state index contributed by atoms with van der Waals surface area (Å²) in [7, 11) is -3.59. The molecular formula is C8H7BrKNO4S. The quantitative estimate of drug-likeness (QED) is 0.435. The van der Waals surface area contributed by atoms with E-state index < -0.39 is 21.5 Å². The first-order valence-electron chi connectivity index (χ1n) is 3.99. The summed E-state index contributed by atoms with van der Waals surface area (Å²) in [6.45, 7) is 1.43. The monoisotopic (exact) mass is 331 g/mol. The number of halogens is 1. The number of carbonyl (C=O) groups is 1. The SMILES string of the molecule is CCS(=O)(=O)c1ccc(Br)nc1C(=O)[O-].[K+]. The third-order valence-electron chi connectivity index (χ3n) is 1.73. The zero-order chi connectivity index (χ0) is 11.6. The summed E-state index contributed by atoms with van der Waals surface area (Å²) in [6.07, 6.45) is 0. The molecule has 0 radical (unpaired) electrons. The van der Waals surface area contributed by atoms with E-state index in [4.69, 9.17) is 0 Å². The van der Waals surface area contributed by atoms with Crippen molar-refractivity contribution in [3.63, 3.8) is 0 Å². The molecule has 0 aliphatic heterocycles. The smallest absolute Gasteiger partial charge is 0.543 e. The molecule has 0 bridgehead atoms. The molecule has 8 heteroatoms. The minimum absolute atomic E-state index is 0.